The van der Waals surface area contributed by atoms with Gasteiger partial charge in [-0.3, -0.25) is 4.79 Å². The molecular formula is C19H10F3N5O2. The number of nitriles is 3. The summed E-state index contributed by atoms with van der Waals surface area (Å²) in [6.07, 6.45) is -4.81. The number of rotatable bonds is 5. The van der Waals surface area contributed by atoms with Crippen LogP contribution >= 0.6 is 0 Å². The molecule has 29 heavy (non-hydrogen) atoms. The summed E-state index contributed by atoms with van der Waals surface area (Å²) in [5.74, 6) is -0.996. The molecule has 1 amide bonds. The Morgan fingerprint density at radius 2 is 1.55 bits per heavy atom. The topological polar surface area (TPSA) is 122 Å². The molecule has 0 heterocycles. The SMILES string of the molecule is N#CC(C#N)=C(C#N)Nc1cccc(C(=O)Nc2ccc(OC(F)(F)F)cc2)c1. The molecule has 0 saturated heterocycles. The van der Waals surface area contributed by atoms with Crippen LogP contribution in [0.15, 0.2) is 59.8 Å². The second-order valence-corrected chi connectivity index (χ2v) is 5.32. The first-order valence-electron chi connectivity index (χ1n) is 7.74. The number of carbonyl (C=O) groups excluding carboxylic acids is 1. The number of hydrogen-bond donors (Lipinski definition) is 2. The maximum absolute atomic E-state index is 12.3. The smallest absolute Gasteiger partial charge is 0.406 e. The summed E-state index contributed by atoms with van der Waals surface area (Å²) in [6, 6.07) is 15.3. The number of benzene rings is 2. The van der Waals surface area contributed by atoms with Crippen LogP contribution in [0.3, 0.4) is 0 Å². The summed E-state index contributed by atoms with van der Waals surface area (Å²) in [7, 11) is 0. The van der Waals surface area contributed by atoms with Crippen LogP contribution in [0.5, 0.6) is 5.75 Å². The van der Waals surface area contributed by atoms with Gasteiger partial charge in [0.1, 0.15) is 29.7 Å². The van der Waals surface area contributed by atoms with Gasteiger partial charge in [0.05, 0.1) is 0 Å². The van der Waals surface area contributed by atoms with E-state index in [-0.39, 0.29) is 22.6 Å². The first-order valence-corrected chi connectivity index (χ1v) is 7.74. The van der Waals surface area contributed by atoms with Crippen LogP contribution in [0.25, 0.3) is 0 Å². The van der Waals surface area contributed by atoms with E-state index in [1.165, 1.54) is 36.4 Å². The van der Waals surface area contributed by atoms with Crippen molar-refractivity contribution >= 4 is 17.3 Å². The van der Waals surface area contributed by atoms with Crippen LogP contribution in [0.1, 0.15) is 10.4 Å². The lowest BCUT2D eigenvalue weighted by Crippen LogP contribution is -2.17. The minimum absolute atomic E-state index is 0.165. The number of anilines is 2. The average molecular weight is 397 g/mol. The third kappa shape index (κ3) is 6.02. The van der Waals surface area contributed by atoms with Crippen LogP contribution in [-0.2, 0) is 0 Å². The molecule has 144 valence electrons. The standard InChI is InChI=1S/C19H10F3N5O2/c20-19(21,22)29-16-6-4-14(5-7-16)27-18(28)12-2-1-3-15(8-12)26-17(11-25)13(9-23)10-24/h1-8,26H,(H,27,28). The van der Waals surface area contributed by atoms with E-state index in [2.05, 4.69) is 15.4 Å². The van der Waals surface area contributed by atoms with Gasteiger partial charge in [-0.05, 0) is 42.5 Å². The summed E-state index contributed by atoms with van der Waals surface area (Å²) in [5.41, 5.74) is -0.00225. The van der Waals surface area contributed by atoms with Gasteiger partial charge in [0.2, 0.25) is 0 Å². The average Bonchev–Trinajstić information content (AvgIpc) is 2.68. The lowest BCUT2D eigenvalue weighted by atomic mass is 10.1. The Kier molecular flexibility index (Phi) is 6.42. The quantitative estimate of drug-likeness (QED) is 0.734. The van der Waals surface area contributed by atoms with Crippen molar-refractivity contribution in [3.05, 3.63) is 65.4 Å². The Balaban J connectivity index is 2.14. The van der Waals surface area contributed by atoms with Crippen molar-refractivity contribution in [2.24, 2.45) is 0 Å². The number of amides is 1. The highest BCUT2D eigenvalue weighted by atomic mass is 19.4. The highest BCUT2D eigenvalue weighted by Crippen LogP contribution is 2.24. The molecule has 0 bridgehead atoms. The fraction of sp³-hybridized carbons (Fsp3) is 0.0526. The second-order valence-electron chi connectivity index (χ2n) is 5.32. The lowest BCUT2D eigenvalue weighted by molar-refractivity contribution is -0.274. The van der Waals surface area contributed by atoms with E-state index >= 15 is 0 Å². The van der Waals surface area contributed by atoms with Gasteiger partial charge in [0.25, 0.3) is 5.91 Å². The first kappa shape index (κ1) is 20.8. The number of nitrogens with one attached hydrogen (secondary N) is 2. The summed E-state index contributed by atoms with van der Waals surface area (Å²) in [5, 5.41) is 31.8. The van der Waals surface area contributed by atoms with E-state index in [0.717, 1.165) is 12.1 Å². The summed E-state index contributed by atoms with van der Waals surface area (Å²) >= 11 is 0. The van der Waals surface area contributed by atoms with E-state index < -0.39 is 23.6 Å². The van der Waals surface area contributed by atoms with Gasteiger partial charge >= 0.3 is 6.36 Å². The minimum atomic E-state index is -4.81. The Morgan fingerprint density at radius 1 is 0.897 bits per heavy atom. The molecule has 0 aliphatic heterocycles. The molecule has 0 aromatic heterocycles. The number of nitrogens with zero attached hydrogens (tertiary/aromatic N) is 3. The van der Waals surface area contributed by atoms with Gasteiger partial charge in [-0.15, -0.1) is 13.2 Å². The zero-order chi connectivity index (χ0) is 21.4. The molecule has 0 fully saturated rings. The minimum Gasteiger partial charge on any atom is -0.406 e. The van der Waals surface area contributed by atoms with Gasteiger partial charge in [-0.25, -0.2) is 0 Å². The molecule has 0 unspecified atom stereocenters. The zero-order valence-corrected chi connectivity index (χ0v) is 14.4. The van der Waals surface area contributed by atoms with E-state index in [1.807, 2.05) is 0 Å². The number of alkyl halides is 3. The number of hydrogen-bond acceptors (Lipinski definition) is 6. The Hall–Kier alpha value is -4.49. The van der Waals surface area contributed by atoms with E-state index in [4.69, 9.17) is 15.8 Å². The molecule has 0 radical (unpaired) electrons. The molecule has 0 saturated carbocycles. The van der Waals surface area contributed by atoms with Crippen LogP contribution in [0, 0.1) is 34.0 Å². The first-order chi connectivity index (χ1) is 13.8. The predicted octanol–water partition coefficient (Wildman–Crippen LogP) is 4.07. The third-order valence-corrected chi connectivity index (χ3v) is 3.33. The fourth-order valence-electron chi connectivity index (χ4n) is 2.11. The Labute approximate surface area is 162 Å². The molecule has 10 heteroatoms. The summed E-state index contributed by atoms with van der Waals surface area (Å²) < 4.78 is 40.2. The maximum atomic E-state index is 12.3. The summed E-state index contributed by atoms with van der Waals surface area (Å²) in [6.45, 7) is 0. The highest BCUT2D eigenvalue weighted by Gasteiger charge is 2.30. The number of allylic oxidation sites excluding steroid dienone is 2. The molecule has 0 aliphatic carbocycles. The van der Waals surface area contributed by atoms with Crippen molar-refractivity contribution in [2.75, 3.05) is 10.6 Å². The molecule has 0 atom stereocenters. The van der Waals surface area contributed by atoms with Gasteiger partial charge in [0, 0.05) is 16.9 Å². The van der Waals surface area contributed by atoms with Crippen molar-refractivity contribution in [1.82, 2.24) is 0 Å². The normalized spacial score (nSPS) is 9.93. The molecule has 2 rings (SSSR count). The molecule has 2 aromatic rings. The van der Waals surface area contributed by atoms with Crippen molar-refractivity contribution in [1.29, 1.82) is 15.8 Å². The second kappa shape index (κ2) is 8.94. The predicted molar refractivity (Wildman–Crippen MR) is 95.0 cm³/mol. The van der Waals surface area contributed by atoms with Crippen molar-refractivity contribution in [3.63, 3.8) is 0 Å². The third-order valence-electron chi connectivity index (χ3n) is 3.33. The van der Waals surface area contributed by atoms with Crippen molar-refractivity contribution in [3.8, 4) is 24.0 Å². The monoisotopic (exact) mass is 397 g/mol. The lowest BCUT2D eigenvalue weighted by Gasteiger charge is -2.10. The summed E-state index contributed by atoms with van der Waals surface area (Å²) in [4.78, 5) is 12.3. The zero-order valence-electron chi connectivity index (χ0n) is 14.4. The molecule has 0 aliphatic rings. The van der Waals surface area contributed by atoms with E-state index in [0.29, 0.717) is 0 Å². The molecule has 7 nitrogen and oxygen atoms in total. The maximum Gasteiger partial charge on any atom is 0.573 e. The fourth-order valence-corrected chi connectivity index (χ4v) is 2.11. The Bertz CT molecular complexity index is 1060. The van der Waals surface area contributed by atoms with Crippen molar-refractivity contribution < 1.29 is 22.7 Å². The van der Waals surface area contributed by atoms with Gasteiger partial charge < -0.3 is 15.4 Å². The van der Waals surface area contributed by atoms with E-state index in [9.17, 15) is 18.0 Å². The highest BCUT2D eigenvalue weighted by molar-refractivity contribution is 6.04. The number of ether oxygens (including phenoxy) is 1. The number of carbonyl (C=O) groups is 1. The number of halogens is 3. The Morgan fingerprint density at radius 3 is 2.10 bits per heavy atom. The molecular weight excluding hydrogens is 387 g/mol. The van der Waals surface area contributed by atoms with Crippen molar-refractivity contribution in [2.45, 2.75) is 6.36 Å². The molecule has 2 N–H and O–H groups in total. The van der Waals surface area contributed by atoms with Gasteiger partial charge in [0.15, 0.2) is 5.57 Å². The van der Waals surface area contributed by atoms with Crippen LogP contribution in [-0.4, -0.2) is 12.3 Å². The largest absolute Gasteiger partial charge is 0.573 e. The van der Waals surface area contributed by atoms with Gasteiger partial charge in [-0.1, -0.05) is 6.07 Å². The molecule has 0 spiro atoms. The van der Waals surface area contributed by atoms with Crippen LogP contribution < -0.4 is 15.4 Å². The van der Waals surface area contributed by atoms with Crippen LogP contribution in [0.4, 0.5) is 24.5 Å². The van der Waals surface area contributed by atoms with Crippen LogP contribution in [0.2, 0.25) is 0 Å². The molecule has 2 aromatic carbocycles. The van der Waals surface area contributed by atoms with Gasteiger partial charge in [-0.2, -0.15) is 15.8 Å². The van der Waals surface area contributed by atoms with E-state index in [1.54, 1.807) is 18.2 Å².